The van der Waals surface area contributed by atoms with Gasteiger partial charge in [0, 0.05) is 21.3 Å². The van der Waals surface area contributed by atoms with Crippen molar-refractivity contribution in [3.8, 4) is 0 Å². The first kappa shape index (κ1) is 13.3. The van der Waals surface area contributed by atoms with Crippen LogP contribution in [0.3, 0.4) is 0 Å². The molecule has 0 amide bonds. The van der Waals surface area contributed by atoms with Gasteiger partial charge in [-0.3, -0.25) is 0 Å². The minimum Gasteiger partial charge on any atom is -0.396 e. The number of benzene rings is 1. The molecule has 1 aromatic rings. The number of hydrogen-bond donors (Lipinski definition) is 1. The average molecular weight is 260 g/mol. The van der Waals surface area contributed by atoms with E-state index in [1.54, 1.807) is 35.3 Å². The van der Waals surface area contributed by atoms with Gasteiger partial charge in [-0.15, -0.1) is 35.3 Å². The predicted octanol–water partition coefficient (Wildman–Crippen LogP) is 3.39. The van der Waals surface area contributed by atoms with Crippen LogP contribution < -0.4 is 0 Å². The van der Waals surface area contributed by atoms with E-state index in [2.05, 4.69) is 30.9 Å². The van der Waals surface area contributed by atoms with E-state index in [0.717, 1.165) is 6.42 Å². The van der Waals surface area contributed by atoms with Gasteiger partial charge in [-0.05, 0) is 42.9 Å². The van der Waals surface area contributed by atoms with Crippen LogP contribution in [0.4, 0.5) is 0 Å². The van der Waals surface area contributed by atoms with Crippen LogP contribution in [0.1, 0.15) is 5.56 Å². The molecule has 0 aromatic heterocycles. The van der Waals surface area contributed by atoms with Gasteiger partial charge in [0.05, 0.1) is 0 Å². The summed E-state index contributed by atoms with van der Waals surface area (Å²) in [5.41, 5.74) is 1.23. The first-order chi connectivity index (χ1) is 7.26. The van der Waals surface area contributed by atoms with E-state index in [4.69, 9.17) is 5.11 Å². The molecule has 0 atom stereocenters. The van der Waals surface area contributed by atoms with Crippen LogP contribution in [-0.4, -0.2) is 30.5 Å². The van der Waals surface area contributed by atoms with Gasteiger partial charge in [-0.25, -0.2) is 0 Å². The molecule has 1 aromatic carbocycles. The van der Waals surface area contributed by atoms with Crippen LogP contribution >= 0.6 is 35.3 Å². The fourth-order valence-electron chi connectivity index (χ4n) is 1.41. The van der Waals surface area contributed by atoms with Gasteiger partial charge in [-0.2, -0.15) is 0 Å². The summed E-state index contributed by atoms with van der Waals surface area (Å²) in [6, 6.07) is 4.37. The van der Waals surface area contributed by atoms with Gasteiger partial charge >= 0.3 is 0 Å². The topological polar surface area (TPSA) is 20.2 Å². The number of rotatable bonds is 5. The summed E-state index contributed by atoms with van der Waals surface area (Å²) >= 11 is 5.34. The summed E-state index contributed by atoms with van der Waals surface area (Å²) in [5.74, 6) is 0. The predicted molar refractivity (Wildman–Crippen MR) is 72.6 cm³/mol. The van der Waals surface area contributed by atoms with Gasteiger partial charge in [-0.1, -0.05) is 0 Å². The first-order valence-corrected chi connectivity index (χ1v) is 8.34. The molecule has 0 fully saturated rings. The monoisotopic (exact) mass is 260 g/mol. The van der Waals surface area contributed by atoms with E-state index < -0.39 is 0 Å². The van der Waals surface area contributed by atoms with Crippen molar-refractivity contribution in [2.45, 2.75) is 21.1 Å². The van der Waals surface area contributed by atoms with Crippen LogP contribution in [0, 0.1) is 0 Å². The maximum atomic E-state index is 8.95. The van der Waals surface area contributed by atoms with Crippen LogP contribution in [0.5, 0.6) is 0 Å². The van der Waals surface area contributed by atoms with Crippen LogP contribution in [0.2, 0.25) is 0 Å². The Bertz CT molecular complexity index is 301. The zero-order valence-electron chi connectivity index (χ0n) is 9.24. The van der Waals surface area contributed by atoms with Crippen molar-refractivity contribution >= 4 is 35.3 Å². The fourth-order valence-corrected chi connectivity index (χ4v) is 4.12. The molecule has 84 valence electrons. The van der Waals surface area contributed by atoms with Gasteiger partial charge in [0.25, 0.3) is 0 Å². The molecule has 1 rings (SSSR count). The third kappa shape index (κ3) is 3.34. The largest absolute Gasteiger partial charge is 0.396 e. The lowest BCUT2D eigenvalue weighted by molar-refractivity contribution is 0.299. The molecule has 0 aliphatic rings. The second-order valence-corrected chi connectivity index (χ2v) is 5.52. The highest BCUT2D eigenvalue weighted by Gasteiger charge is 2.08. The highest BCUT2D eigenvalue weighted by atomic mass is 32.2. The molecule has 0 saturated heterocycles. The molecule has 0 bridgehead atoms. The Kier molecular flexibility index (Phi) is 5.97. The average Bonchev–Trinajstić information content (AvgIpc) is 2.28. The second kappa shape index (κ2) is 6.74. The van der Waals surface area contributed by atoms with E-state index in [1.165, 1.54) is 20.2 Å². The van der Waals surface area contributed by atoms with E-state index in [-0.39, 0.29) is 6.61 Å². The third-order valence-corrected chi connectivity index (χ3v) is 4.76. The second-order valence-electron chi connectivity index (χ2n) is 3.01. The molecule has 1 N–H and O–H groups in total. The third-order valence-electron chi connectivity index (χ3n) is 2.12. The minimum absolute atomic E-state index is 0.222. The normalized spacial score (nSPS) is 10.7. The lowest BCUT2D eigenvalue weighted by Crippen LogP contribution is -1.93. The standard InChI is InChI=1S/C11H16OS3/c1-13-9-6-8(4-5-12)7-10(14-2)11(9)15-3/h6-7,12H,4-5H2,1-3H3. The van der Waals surface area contributed by atoms with Gasteiger partial charge < -0.3 is 5.11 Å². The van der Waals surface area contributed by atoms with Crippen LogP contribution in [-0.2, 0) is 6.42 Å². The number of hydrogen-bond acceptors (Lipinski definition) is 4. The molecule has 4 heteroatoms. The van der Waals surface area contributed by atoms with Crippen LogP contribution in [0.25, 0.3) is 0 Å². The summed E-state index contributed by atoms with van der Waals surface area (Å²) in [4.78, 5) is 3.99. The molecular weight excluding hydrogens is 244 g/mol. The summed E-state index contributed by atoms with van der Waals surface area (Å²) in [5, 5.41) is 8.95. The van der Waals surface area contributed by atoms with Gasteiger partial charge in [0.1, 0.15) is 0 Å². The maximum absolute atomic E-state index is 8.95. The summed E-state index contributed by atoms with van der Waals surface area (Å²) < 4.78 is 0. The highest BCUT2D eigenvalue weighted by molar-refractivity contribution is 8.03. The number of thioether (sulfide) groups is 3. The van der Waals surface area contributed by atoms with E-state index in [0.29, 0.717) is 0 Å². The maximum Gasteiger partial charge on any atom is 0.0471 e. The Morgan fingerprint density at radius 1 is 1.00 bits per heavy atom. The molecular formula is C11H16OS3. The number of aliphatic hydroxyl groups is 1. The SMILES string of the molecule is CSc1cc(CCO)cc(SC)c1SC. The summed E-state index contributed by atoms with van der Waals surface area (Å²) in [7, 11) is 0. The van der Waals surface area contributed by atoms with Crippen molar-refractivity contribution in [1.82, 2.24) is 0 Å². The summed E-state index contributed by atoms with van der Waals surface area (Å²) in [6.45, 7) is 0.222. The van der Waals surface area contributed by atoms with Crippen LogP contribution in [0.15, 0.2) is 26.8 Å². The first-order valence-electron chi connectivity index (χ1n) is 4.66. The van der Waals surface area contributed by atoms with E-state index in [1.807, 2.05) is 0 Å². The molecule has 0 radical (unpaired) electrons. The molecule has 0 aliphatic carbocycles. The molecule has 0 unspecified atom stereocenters. The lowest BCUT2D eigenvalue weighted by atomic mass is 10.2. The smallest absolute Gasteiger partial charge is 0.0471 e. The van der Waals surface area contributed by atoms with E-state index in [9.17, 15) is 0 Å². The zero-order valence-corrected chi connectivity index (χ0v) is 11.7. The lowest BCUT2D eigenvalue weighted by Gasteiger charge is -2.12. The van der Waals surface area contributed by atoms with Crippen molar-refractivity contribution in [3.63, 3.8) is 0 Å². The quantitative estimate of drug-likeness (QED) is 0.819. The van der Waals surface area contributed by atoms with Crippen molar-refractivity contribution in [2.24, 2.45) is 0 Å². The van der Waals surface area contributed by atoms with Crippen molar-refractivity contribution in [1.29, 1.82) is 0 Å². The summed E-state index contributed by atoms with van der Waals surface area (Å²) in [6.07, 6.45) is 7.06. The Hall–Kier alpha value is 0.230. The Labute approximate surface area is 104 Å². The molecule has 0 spiro atoms. The molecule has 0 heterocycles. The van der Waals surface area contributed by atoms with E-state index >= 15 is 0 Å². The van der Waals surface area contributed by atoms with Gasteiger partial charge in [0.15, 0.2) is 0 Å². The Balaban J connectivity index is 3.16. The highest BCUT2D eigenvalue weighted by Crippen LogP contribution is 2.37. The van der Waals surface area contributed by atoms with Crippen molar-refractivity contribution < 1.29 is 5.11 Å². The Morgan fingerprint density at radius 3 is 1.87 bits per heavy atom. The minimum atomic E-state index is 0.222. The number of aliphatic hydroxyl groups excluding tert-OH is 1. The molecule has 1 nitrogen and oxygen atoms in total. The molecule has 0 saturated carbocycles. The molecule has 0 aliphatic heterocycles. The van der Waals surface area contributed by atoms with Gasteiger partial charge in [0.2, 0.25) is 0 Å². The fraction of sp³-hybridized carbons (Fsp3) is 0.455. The molecule has 15 heavy (non-hydrogen) atoms. The van der Waals surface area contributed by atoms with Crippen molar-refractivity contribution in [3.05, 3.63) is 17.7 Å². The Morgan fingerprint density at radius 2 is 1.53 bits per heavy atom. The zero-order chi connectivity index (χ0) is 11.3. The van der Waals surface area contributed by atoms with Crippen molar-refractivity contribution in [2.75, 3.05) is 25.4 Å².